The largest absolute Gasteiger partial charge is 0.507 e. The number of carbonyl (C=O) groups excluding carboxylic acids is 2. The van der Waals surface area contributed by atoms with Crippen LogP contribution in [0.5, 0.6) is 5.75 Å². The molecule has 7 nitrogen and oxygen atoms in total. The number of likely N-dealkylation sites (tertiary alicyclic amines) is 1. The molecule has 1 saturated heterocycles. The van der Waals surface area contributed by atoms with Crippen LogP contribution in [0.25, 0.3) is 5.76 Å². The van der Waals surface area contributed by atoms with Crippen molar-refractivity contribution in [2.24, 2.45) is 0 Å². The summed E-state index contributed by atoms with van der Waals surface area (Å²) < 4.78 is 5.46. The third kappa shape index (κ3) is 4.41. The molecule has 30 heavy (non-hydrogen) atoms. The second-order valence-electron chi connectivity index (χ2n) is 7.21. The maximum absolute atomic E-state index is 12.9. The molecule has 1 aliphatic rings. The molecule has 0 unspecified atom stereocenters. The van der Waals surface area contributed by atoms with Gasteiger partial charge in [0, 0.05) is 31.0 Å². The van der Waals surface area contributed by atoms with Crippen molar-refractivity contribution >= 4 is 17.4 Å². The van der Waals surface area contributed by atoms with Gasteiger partial charge in [0.15, 0.2) is 0 Å². The number of hydrogen-bond acceptors (Lipinski definition) is 6. The second kappa shape index (κ2) is 9.37. The van der Waals surface area contributed by atoms with Crippen LogP contribution >= 0.6 is 0 Å². The molecule has 3 rings (SSSR count). The van der Waals surface area contributed by atoms with Gasteiger partial charge in [0.2, 0.25) is 0 Å². The number of amides is 1. The molecule has 0 bridgehead atoms. The van der Waals surface area contributed by atoms with Crippen molar-refractivity contribution in [3.8, 4) is 5.75 Å². The van der Waals surface area contributed by atoms with Crippen molar-refractivity contribution in [1.82, 2.24) is 14.8 Å². The summed E-state index contributed by atoms with van der Waals surface area (Å²) in [4.78, 5) is 33.2. The number of pyridine rings is 1. The van der Waals surface area contributed by atoms with Gasteiger partial charge in [-0.2, -0.15) is 0 Å². The van der Waals surface area contributed by atoms with Crippen LogP contribution in [0.2, 0.25) is 0 Å². The first-order chi connectivity index (χ1) is 14.4. The zero-order valence-electron chi connectivity index (χ0n) is 17.1. The van der Waals surface area contributed by atoms with E-state index in [2.05, 4.69) is 11.6 Å². The number of aliphatic hydroxyl groups is 1. The molecule has 0 saturated carbocycles. The molecule has 1 amide bonds. The highest BCUT2D eigenvalue weighted by molar-refractivity contribution is 6.46. The fourth-order valence-electron chi connectivity index (χ4n) is 3.32. The number of likely N-dealkylation sites (N-methyl/N-ethyl adjacent to an activating group) is 1. The number of ether oxygens (including phenoxy) is 1. The highest BCUT2D eigenvalue weighted by atomic mass is 16.5. The first-order valence-corrected chi connectivity index (χ1v) is 9.61. The molecule has 7 heteroatoms. The SMILES string of the molecule is C=CCOc1ccc(C(O)=C2C(=O)C(=O)N(CCN(C)C)[C@@H]2c2cccnc2)cc1. The van der Waals surface area contributed by atoms with E-state index in [4.69, 9.17) is 4.74 Å². The molecule has 1 aliphatic heterocycles. The van der Waals surface area contributed by atoms with E-state index in [9.17, 15) is 14.7 Å². The van der Waals surface area contributed by atoms with Gasteiger partial charge in [-0.3, -0.25) is 14.6 Å². The van der Waals surface area contributed by atoms with Crippen LogP contribution in [0.15, 0.2) is 67.0 Å². The Hall–Kier alpha value is -3.45. The lowest BCUT2D eigenvalue weighted by molar-refractivity contribution is -0.140. The van der Waals surface area contributed by atoms with E-state index >= 15 is 0 Å². The molecule has 0 spiro atoms. The molecule has 2 aromatic rings. The van der Waals surface area contributed by atoms with Gasteiger partial charge in [0.05, 0.1) is 11.6 Å². The first-order valence-electron chi connectivity index (χ1n) is 9.61. The molecule has 156 valence electrons. The monoisotopic (exact) mass is 407 g/mol. The Bertz CT molecular complexity index is 952. The van der Waals surface area contributed by atoms with Crippen LogP contribution < -0.4 is 4.74 Å². The Kier molecular flexibility index (Phi) is 6.64. The molecule has 2 heterocycles. The molecule has 1 fully saturated rings. The second-order valence-corrected chi connectivity index (χ2v) is 7.21. The third-order valence-corrected chi connectivity index (χ3v) is 4.82. The molecule has 1 N–H and O–H groups in total. The van der Waals surface area contributed by atoms with Crippen molar-refractivity contribution in [2.75, 3.05) is 33.8 Å². The summed E-state index contributed by atoms with van der Waals surface area (Å²) in [5.74, 6) is -0.934. The van der Waals surface area contributed by atoms with Crippen LogP contribution in [0.3, 0.4) is 0 Å². The fourth-order valence-corrected chi connectivity index (χ4v) is 3.32. The van der Waals surface area contributed by atoms with Gasteiger partial charge >= 0.3 is 0 Å². The number of aliphatic hydroxyl groups excluding tert-OH is 1. The van der Waals surface area contributed by atoms with Crippen LogP contribution in [-0.2, 0) is 9.59 Å². The minimum absolute atomic E-state index is 0.0616. The molecule has 1 atom stereocenters. The smallest absolute Gasteiger partial charge is 0.295 e. The summed E-state index contributed by atoms with van der Waals surface area (Å²) in [5, 5.41) is 11.0. The van der Waals surface area contributed by atoms with Crippen molar-refractivity contribution in [3.63, 3.8) is 0 Å². The summed E-state index contributed by atoms with van der Waals surface area (Å²) in [6, 6.07) is 9.54. The van der Waals surface area contributed by atoms with Crippen molar-refractivity contribution in [3.05, 3.63) is 78.1 Å². The Balaban J connectivity index is 2.03. The van der Waals surface area contributed by atoms with Gasteiger partial charge in [0.25, 0.3) is 11.7 Å². The lowest BCUT2D eigenvalue weighted by Gasteiger charge is -2.26. The summed E-state index contributed by atoms with van der Waals surface area (Å²) in [6.45, 7) is 4.90. The molecular formula is C23H25N3O4. The number of hydrogen-bond donors (Lipinski definition) is 1. The van der Waals surface area contributed by atoms with Crippen molar-refractivity contribution in [2.45, 2.75) is 6.04 Å². The number of carbonyl (C=O) groups is 2. The van der Waals surface area contributed by atoms with E-state index in [0.717, 1.165) is 0 Å². The van der Waals surface area contributed by atoms with E-state index in [1.165, 1.54) is 4.90 Å². The average Bonchev–Trinajstić information content (AvgIpc) is 3.01. The number of nitrogens with zero attached hydrogens (tertiary/aromatic N) is 3. The topological polar surface area (TPSA) is 83.0 Å². The van der Waals surface area contributed by atoms with E-state index in [1.54, 1.807) is 54.9 Å². The Labute approximate surface area is 175 Å². The molecule has 0 aliphatic carbocycles. The predicted molar refractivity (Wildman–Crippen MR) is 114 cm³/mol. The highest BCUT2D eigenvalue weighted by Gasteiger charge is 2.45. The summed E-state index contributed by atoms with van der Waals surface area (Å²) in [7, 11) is 3.79. The summed E-state index contributed by atoms with van der Waals surface area (Å²) in [6.07, 6.45) is 4.87. The van der Waals surface area contributed by atoms with E-state index in [1.807, 2.05) is 19.0 Å². The maximum Gasteiger partial charge on any atom is 0.295 e. The van der Waals surface area contributed by atoms with Gasteiger partial charge in [-0.25, -0.2) is 0 Å². The van der Waals surface area contributed by atoms with Crippen LogP contribution in [0, 0.1) is 0 Å². The molecule has 1 aromatic heterocycles. The van der Waals surface area contributed by atoms with Crippen molar-refractivity contribution < 1.29 is 19.4 Å². The van der Waals surface area contributed by atoms with E-state index in [-0.39, 0.29) is 11.3 Å². The van der Waals surface area contributed by atoms with Gasteiger partial charge in [-0.15, -0.1) is 0 Å². The quantitative estimate of drug-likeness (QED) is 0.314. The fraction of sp³-hybridized carbons (Fsp3) is 0.261. The Morgan fingerprint density at radius 1 is 1.27 bits per heavy atom. The van der Waals surface area contributed by atoms with Crippen LogP contribution in [0.4, 0.5) is 0 Å². The number of benzene rings is 1. The Morgan fingerprint density at radius 2 is 2.00 bits per heavy atom. The van der Waals surface area contributed by atoms with E-state index < -0.39 is 17.7 Å². The van der Waals surface area contributed by atoms with Crippen LogP contribution in [0.1, 0.15) is 17.2 Å². The Morgan fingerprint density at radius 3 is 2.60 bits per heavy atom. The number of ketones is 1. The normalized spacial score (nSPS) is 18.1. The minimum Gasteiger partial charge on any atom is -0.507 e. The molecule has 0 radical (unpaired) electrons. The number of rotatable bonds is 8. The zero-order chi connectivity index (χ0) is 21.7. The van der Waals surface area contributed by atoms with Gasteiger partial charge < -0.3 is 19.6 Å². The van der Waals surface area contributed by atoms with Crippen LogP contribution in [-0.4, -0.2) is 65.4 Å². The summed E-state index contributed by atoms with van der Waals surface area (Å²) in [5.41, 5.74) is 1.16. The average molecular weight is 407 g/mol. The lowest BCUT2D eigenvalue weighted by atomic mass is 9.96. The summed E-state index contributed by atoms with van der Waals surface area (Å²) >= 11 is 0. The molecular weight excluding hydrogens is 382 g/mol. The first kappa shape index (κ1) is 21.3. The third-order valence-electron chi connectivity index (χ3n) is 4.82. The predicted octanol–water partition coefficient (Wildman–Crippen LogP) is 2.63. The highest BCUT2D eigenvalue weighted by Crippen LogP contribution is 2.39. The molecule has 1 aromatic carbocycles. The zero-order valence-corrected chi connectivity index (χ0v) is 17.1. The van der Waals surface area contributed by atoms with Gasteiger partial charge in [0.1, 0.15) is 18.1 Å². The standard InChI is InChI=1S/C23H25N3O4/c1-4-14-30-18-9-7-16(8-10-18)21(27)19-20(17-6-5-11-24-15-17)26(13-12-25(2)3)23(29)22(19)28/h4-11,15,20,27H,1,12-14H2,2-3H3/t20-/m1/s1. The lowest BCUT2D eigenvalue weighted by Crippen LogP contribution is -2.35. The van der Waals surface area contributed by atoms with Gasteiger partial charge in [-0.05, 0) is 50.0 Å². The maximum atomic E-state index is 12.9. The number of aromatic nitrogens is 1. The van der Waals surface area contributed by atoms with Gasteiger partial charge in [-0.1, -0.05) is 18.7 Å². The minimum atomic E-state index is -0.702. The number of Topliss-reactive ketones (excluding diaryl/α,β-unsaturated/α-hetero) is 1. The van der Waals surface area contributed by atoms with E-state index in [0.29, 0.717) is 36.6 Å². The van der Waals surface area contributed by atoms with Crippen molar-refractivity contribution in [1.29, 1.82) is 0 Å².